The lowest BCUT2D eigenvalue weighted by atomic mass is 10.0. The van der Waals surface area contributed by atoms with Gasteiger partial charge < -0.3 is 14.4 Å². The number of carbonyl (C=O) groups is 1. The fourth-order valence-corrected chi connectivity index (χ4v) is 2.70. The molecule has 0 radical (unpaired) electrons. The van der Waals surface area contributed by atoms with Crippen LogP contribution in [0.5, 0.6) is 5.75 Å². The monoisotopic (exact) mass is 291 g/mol. The first kappa shape index (κ1) is 15.8. The van der Waals surface area contributed by atoms with Crippen molar-refractivity contribution in [2.75, 3.05) is 19.7 Å². The van der Waals surface area contributed by atoms with Gasteiger partial charge in [0.25, 0.3) is 5.91 Å². The molecule has 1 aliphatic heterocycles. The summed E-state index contributed by atoms with van der Waals surface area (Å²) in [5.74, 6) is 1.20. The quantitative estimate of drug-likeness (QED) is 0.856. The number of amides is 1. The number of carbonyl (C=O) groups excluding carboxylic acids is 1. The highest BCUT2D eigenvalue weighted by Gasteiger charge is 2.26. The first-order valence-electron chi connectivity index (χ1n) is 7.62. The molecule has 0 saturated carbocycles. The van der Waals surface area contributed by atoms with E-state index in [1.807, 2.05) is 43.0 Å². The van der Waals surface area contributed by atoms with Gasteiger partial charge in [-0.2, -0.15) is 0 Å². The van der Waals surface area contributed by atoms with E-state index in [9.17, 15) is 4.79 Å². The standard InChI is InChI=1S/C17H25NO3/c1-12(2)15-7-5-6-8-16(15)20-11-17(19)18-9-13(3)21-14(4)10-18/h5-8,12-14H,9-11H2,1-4H3/t13-,14+. The molecule has 1 amide bonds. The SMILES string of the molecule is CC(C)c1ccccc1OCC(=O)N1C[C@@H](C)O[C@@H](C)C1. The maximum absolute atomic E-state index is 12.3. The molecular formula is C17H25NO3. The highest BCUT2D eigenvalue weighted by molar-refractivity contribution is 5.78. The topological polar surface area (TPSA) is 38.8 Å². The van der Waals surface area contributed by atoms with E-state index in [-0.39, 0.29) is 24.7 Å². The number of nitrogens with zero attached hydrogens (tertiary/aromatic N) is 1. The molecule has 1 heterocycles. The van der Waals surface area contributed by atoms with Gasteiger partial charge in [-0.05, 0) is 31.4 Å². The van der Waals surface area contributed by atoms with Gasteiger partial charge in [-0.25, -0.2) is 0 Å². The summed E-state index contributed by atoms with van der Waals surface area (Å²) in [6, 6.07) is 7.90. The van der Waals surface area contributed by atoms with Crippen molar-refractivity contribution >= 4 is 5.91 Å². The normalized spacial score (nSPS) is 22.4. The molecule has 0 aromatic heterocycles. The minimum absolute atomic E-state index is 0.0237. The van der Waals surface area contributed by atoms with Gasteiger partial charge in [0.15, 0.2) is 6.61 Å². The van der Waals surface area contributed by atoms with Crippen molar-refractivity contribution in [2.45, 2.75) is 45.8 Å². The van der Waals surface area contributed by atoms with E-state index >= 15 is 0 Å². The summed E-state index contributed by atoms with van der Waals surface area (Å²) in [5, 5.41) is 0. The van der Waals surface area contributed by atoms with E-state index in [4.69, 9.17) is 9.47 Å². The Kier molecular flexibility index (Phi) is 5.23. The van der Waals surface area contributed by atoms with E-state index in [1.54, 1.807) is 0 Å². The maximum Gasteiger partial charge on any atom is 0.260 e. The van der Waals surface area contributed by atoms with Crippen LogP contribution in [0.2, 0.25) is 0 Å². The molecule has 0 unspecified atom stereocenters. The van der Waals surface area contributed by atoms with Gasteiger partial charge >= 0.3 is 0 Å². The van der Waals surface area contributed by atoms with Gasteiger partial charge in [-0.3, -0.25) is 4.79 Å². The van der Waals surface area contributed by atoms with Gasteiger partial charge in [-0.15, -0.1) is 0 Å². The number of benzene rings is 1. The average Bonchev–Trinajstić information content (AvgIpc) is 2.43. The molecule has 0 spiro atoms. The summed E-state index contributed by atoms with van der Waals surface area (Å²) in [6.45, 7) is 9.58. The lowest BCUT2D eigenvalue weighted by Crippen LogP contribution is -2.49. The first-order valence-corrected chi connectivity index (χ1v) is 7.62. The summed E-state index contributed by atoms with van der Waals surface area (Å²) >= 11 is 0. The third-order valence-electron chi connectivity index (χ3n) is 3.66. The first-order chi connectivity index (χ1) is 9.97. The second kappa shape index (κ2) is 6.94. The second-order valence-electron chi connectivity index (χ2n) is 6.04. The van der Waals surface area contributed by atoms with E-state index in [0.717, 1.165) is 11.3 Å². The fourth-order valence-electron chi connectivity index (χ4n) is 2.70. The summed E-state index contributed by atoms with van der Waals surface area (Å²) in [6.07, 6.45) is 0.168. The number of hydrogen-bond acceptors (Lipinski definition) is 3. The van der Waals surface area contributed by atoms with Gasteiger partial charge in [0.2, 0.25) is 0 Å². The Morgan fingerprint density at radius 3 is 2.52 bits per heavy atom. The Morgan fingerprint density at radius 1 is 1.29 bits per heavy atom. The Hall–Kier alpha value is -1.55. The van der Waals surface area contributed by atoms with E-state index in [0.29, 0.717) is 19.0 Å². The maximum atomic E-state index is 12.3. The van der Waals surface area contributed by atoms with Crippen LogP contribution < -0.4 is 4.74 Å². The number of ether oxygens (including phenoxy) is 2. The minimum atomic E-state index is 0.0237. The van der Waals surface area contributed by atoms with Crippen molar-refractivity contribution in [2.24, 2.45) is 0 Å². The molecule has 0 N–H and O–H groups in total. The van der Waals surface area contributed by atoms with Crippen molar-refractivity contribution in [3.05, 3.63) is 29.8 Å². The molecule has 2 rings (SSSR count). The van der Waals surface area contributed by atoms with Crippen LogP contribution in [0.4, 0.5) is 0 Å². The van der Waals surface area contributed by atoms with Gasteiger partial charge in [0.1, 0.15) is 5.75 Å². The molecule has 1 aromatic carbocycles. The third kappa shape index (κ3) is 4.21. The van der Waals surface area contributed by atoms with Gasteiger partial charge in [-0.1, -0.05) is 32.0 Å². The average molecular weight is 291 g/mol. The van der Waals surface area contributed by atoms with Crippen LogP contribution in [0.3, 0.4) is 0 Å². The molecule has 0 aliphatic carbocycles. The zero-order valence-corrected chi connectivity index (χ0v) is 13.3. The van der Waals surface area contributed by atoms with Crippen molar-refractivity contribution in [3.8, 4) is 5.75 Å². The van der Waals surface area contributed by atoms with Crippen molar-refractivity contribution < 1.29 is 14.3 Å². The minimum Gasteiger partial charge on any atom is -0.483 e. The second-order valence-corrected chi connectivity index (χ2v) is 6.04. The zero-order valence-electron chi connectivity index (χ0n) is 13.3. The molecule has 1 fully saturated rings. The number of morpholine rings is 1. The van der Waals surface area contributed by atoms with E-state index in [2.05, 4.69) is 13.8 Å². The van der Waals surface area contributed by atoms with E-state index in [1.165, 1.54) is 0 Å². The highest BCUT2D eigenvalue weighted by Crippen LogP contribution is 2.25. The highest BCUT2D eigenvalue weighted by atomic mass is 16.5. The van der Waals surface area contributed by atoms with Crippen LogP contribution in [0.1, 0.15) is 39.2 Å². The van der Waals surface area contributed by atoms with Crippen molar-refractivity contribution in [1.29, 1.82) is 0 Å². The van der Waals surface area contributed by atoms with Crippen LogP contribution >= 0.6 is 0 Å². The van der Waals surface area contributed by atoms with Crippen molar-refractivity contribution in [1.82, 2.24) is 4.90 Å². The molecular weight excluding hydrogens is 266 g/mol. The number of hydrogen-bond donors (Lipinski definition) is 0. The van der Waals surface area contributed by atoms with Crippen LogP contribution in [0, 0.1) is 0 Å². The molecule has 21 heavy (non-hydrogen) atoms. The molecule has 4 heteroatoms. The number of para-hydroxylation sites is 1. The van der Waals surface area contributed by atoms with Crippen LogP contribution in [0.25, 0.3) is 0 Å². The molecule has 2 atom stereocenters. The Balaban J connectivity index is 1.95. The Bertz CT molecular complexity index is 477. The number of rotatable bonds is 4. The lowest BCUT2D eigenvalue weighted by Gasteiger charge is -2.35. The van der Waals surface area contributed by atoms with Gasteiger partial charge in [0, 0.05) is 13.1 Å². The van der Waals surface area contributed by atoms with Crippen LogP contribution in [0.15, 0.2) is 24.3 Å². The molecule has 1 aromatic rings. The Labute approximate surface area is 127 Å². The predicted octanol–water partition coefficient (Wildman–Crippen LogP) is 2.82. The van der Waals surface area contributed by atoms with Crippen molar-refractivity contribution in [3.63, 3.8) is 0 Å². The van der Waals surface area contributed by atoms with Crippen LogP contribution in [-0.2, 0) is 9.53 Å². The molecule has 116 valence electrons. The Morgan fingerprint density at radius 2 is 1.90 bits per heavy atom. The fraction of sp³-hybridized carbons (Fsp3) is 0.588. The summed E-state index contributed by atoms with van der Waals surface area (Å²) in [4.78, 5) is 14.1. The van der Waals surface area contributed by atoms with Crippen LogP contribution in [-0.4, -0.2) is 42.7 Å². The van der Waals surface area contributed by atoms with E-state index < -0.39 is 0 Å². The summed E-state index contributed by atoms with van der Waals surface area (Å²) in [5.41, 5.74) is 1.13. The lowest BCUT2D eigenvalue weighted by molar-refractivity contribution is -0.145. The zero-order chi connectivity index (χ0) is 15.4. The predicted molar refractivity (Wildman–Crippen MR) is 82.6 cm³/mol. The molecule has 1 saturated heterocycles. The third-order valence-corrected chi connectivity index (χ3v) is 3.66. The smallest absolute Gasteiger partial charge is 0.260 e. The molecule has 4 nitrogen and oxygen atoms in total. The summed E-state index contributed by atoms with van der Waals surface area (Å²) < 4.78 is 11.4. The van der Waals surface area contributed by atoms with Gasteiger partial charge in [0.05, 0.1) is 12.2 Å². The largest absolute Gasteiger partial charge is 0.483 e. The molecule has 1 aliphatic rings. The molecule has 0 bridgehead atoms. The summed E-state index contributed by atoms with van der Waals surface area (Å²) in [7, 11) is 0.